The minimum atomic E-state index is -1.06. The van der Waals surface area contributed by atoms with Gasteiger partial charge in [-0.25, -0.2) is 4.98 Å². The SMILES string of the molecule is Cc1ccc2nc(N3C(=O)C(O)=C(C(=O)c4cccs4)[C@H]3c3cccc([N+](=O)[O-])c3)sc2c1. The first-order valence-corrected chi connectivity index (χ1v) is 11.5. The number of nitro groups is 1. The van der Waals surface area contributed by atoms with Crippen LogP contribution in [-0.2, 0) is 4.79 Å². The number of aliphatic hydroxyl groups excluding tert-OH is 1. The van der Waals surface area contributed by atoms with Gasteiger partial charge in [-0.3, -0.25) is 24.6 Å². The normalized spacial score (nSPS) is 16.1. The van der Waals surface area contributed by atoms with Crippen LogP contribution >= 0.6 is 22.7 Å². The van der Waals surface area contributed by atoms with Crippen molar-refractivity contribution < 1.29 is 19.6 Å². The molecule has 4 aromatic rings. The summed E-state index contributed by atoms with van der Waals surface area (Å²) in [6, 6.07) is 13.6. The van der Waals surface area contributed by atoms with E-state index >= 15 is 0 Å². The molecule has 0 saturated carbocycles. The number of carbonyl (C=O) groups excluding carboxylic acids is 2. The fraction of sp³-hybridized carbons (Fsp3) is 0.0870. The van der Waals surface area contributed by atoms with Gasteiger partial charge < -0.3 is 5.11 Å². The second-order valence-electron chi connectivity index (χ2n) is 7.47. The van der Waals surface area contributed by atoms with E-state index in [1.807, 2.05) is 25.1 Å². The minimum absolute atomic E-state index is 0.126. The van der Waals surface area contributed by atoms with E-state index in [0.717, 1.165) is 10.3 Å². The maximum absolute atomic E-state index is 13.3. The average Bonchev–Trinajstić information content (AvgIpc) is 3.52. The van der Waals surface area contributed by atoms with Crippen LogP contribution in [0.3, 0.4) is 0 Å². The summed E-state index contributed by atoms with van der Waals surface area (Å²) in [5, 5.41) is 24.2. The van der Waals surface area contributed by atoms with Crippen molar-refractivity contribution in [2.45, 2.75) is 13.0 Å². The summed E-state index contributed by atoms with van der Waals surface area (Å²) in [4.78, 5) is 43.6. The van der Waals surface area contributed by atoms with E-state index in [0.29, 0.717) is 16.0 Å². The number of non-ortho nitro benzene ring substituents is 1. The first-order valence-electron chi connectivity index (χ1n) is 9.81. The molecule has 1 aliphatic heterocycles. The fourth-order valence-electron chi connectivity index (χ4n) is 3.82. The number of rotatable bonds is 5. The van der Waals surface area contributed by atoms with Crippen molar-refractivity contribution >= 4 is 55.4 Å². The number of aromatic nitrogens is 1. The number of Topliss-reactive ketones (excluding diaryl/α,β-unsaturated/α-hetero) is 1. The number of anilines is 1. The van der Waals surface area contributed by atoms with Crippen molar-refractivity contribution in [1.29, 1.82) is 0 Å². The Kier molecular flexibility index (Phi) is 5.03. The van der Waals surface area contributed by atoms with Gasteiger partial charge in [-0.1, -0.05) is 35.6 Å². The molecule has 10 heteroatoms. The van der Waals surface area contributed by atoms with Crippen LogP contribution in [0, 0.1) is 17.0 Å². The van der Waals surface area contributed by atoms with Crippen LogP contribution in [0.25, 0.3) is 10.2 Å². The maximum atomic E-state index is 13.3. The number of nitrogens with zero attached hydrogens (tertiary/aromatic N) is 3. The minimum Gasteiger partial charge on any atom is -0.503 e. The third kappa shape index (κ3) is 3.49. The van der Waals surface area contributed by atoms with Crippen LogP contribution in [0.4, 0.5) is 10.8 Å². The molecule has 0 spiro atoms. The van der Waals surface area contributed by atoms with Crippen molar-refractivity contribution in [3.05, 3.63) is 97.4 Å². The Morgan fingerprint density at radius 2 is 2.00 bits per heavy atom. The molecule has 2 aromatic carbocycles. The summed E-state index contributed by atoms with van der Waals surface area (Å²) in [6.07, 6.45) is 0. The summed E-state index contributed by atoms with van der Waals surface area (Å²) in [6.45, 7) is 1.94. The lowest BCUT2D eigenvalue weighted by Gasteiger charge is -2.24. The van der Waals surface area contributed by atoms with Crippen molar-refractivity contribution in [1.82, 2.24) is 4.98 Å². The van der Waals surface area contributed by atoms with Crippen LogP contribution in [-0.4, -0.2) is 26.7 Å². The van der Waals surface area contributed by atoms with Crippen LogP contribution in [0.1, 0.15) is 26.8 Å². The molecule has 1 atom stereocenters. The van der Waals surface area contributed by atoms with Gasteiger partial charge >= 0.3 is 0 Å². The molecular formula is C23H15N3O5S2. The average molecular weight is 478 g/mol. The van der Waals surface area contributed by atoms with Gasteiger partial charge in [0.2, 0.25) is 5.78 Å². The molecule has 0 fully saturated rings. The summed E-state index contributed by atoms with van der Waals surface area (Å²) in [7, 11) is 0. The number of hydrogen-bond acceptors (Lipinski definition) is 8. The number of benzene rings is 2. The summed E-state index contributed by atoms with van der Waals surface area (Å²) in [5.41, 5.74) is 1.71. The molecule has 5 rings (SSSR count). The van der Waals surface area contributed by atoms with E-state index in [1.54, 1.807) is 23.6 Å². The van der Waals surface area contributed by atoms with E-state index in [9.17, 15) is 24.8 Å². The molecule has 8 nitrogen and oxygen atoms in total. The fourth-order valence-corrected chi connectivity index (χ4v) is 5.59. The Hall–Kier alpha value is -3.89. The summed E-state index contributed by atoms with van der Waals surface area (Å²) < 4.78 is 0.841. The number of thiophene rings is 1. The number of aryl methyl sites for hydroxylation is 1. The first kappa shape index (κ1) is 21.0. The Bertz CT molecular complexity index is 1470. The van der Waals surface area contributed by atoms with Gasteiger partial charge in [0.05, 0.1) is 31.6 Å². The third-order valence-electron chi connectivity index (χ3n) is 5.33. The molecule has 164 valence electrons. The summed E-state index contributed by atoms with van der Waals surface area (Å²) >= 11 is 2.43. The highest BCUT2D eigenvalue weighted by molar-refractivity contribution is 7.22. The molecule has 2 aromatic heterocycles. The topological polar surface area (TPSA) is 114 Å². The van der Waals surface area contributed by atoms with Crippen molar-refractivity contribution in [2.24, 2.45) is 0 Å². The predicted molar refractivity (Wildman–Crippen MR) is 126 cm³/mol. The number of carbonyl (C=O) groups is 2. The van der Waals surface area contributed by atoms with Gasteiger partial charge in [-0.05, 0) is 41.6 Å². The molecule has 1 N–H and O–H groups in total. The zero-order valence-corrected chi connectivity index (χ0v) is 18.7. The van der Waals surface area contributed by atoms with Crippen LogP contribution < -0.4 is 4.90 Å². The Morgan fingerprint density at radius 1 is 1.18 bits per heavy atom. The second-order valence-corrected chi connectivity index (χ2v) is 9.42. The molecule has 0 aliphatic carbocycles. The largest absolute Gasteiger partial charge is 0.503 e. The molecule has 0 radical (unpaired) electrons. The van der Waals surface area contributed by atoms with Gasteiger partial charge in [0.15, 0.2) is 10.9 Å². The van der Waals surface area contributed by atoms with Gasteiger partial charge in [0.1, 0.15) is 0 Å². The molecule has 0 bridgehead atoms. The van der Waals surface area contributed by atoms with E-state index in [4.69, 9.17) is 0 Å². The lowest BCUT2D eigenvalue weighted by atomic mass is 9.95. The quantitative estimate of drug-likeness (QED) is 0.235. The second kappa shape index (κ2) is 7.91. The lowest BCUT2D eigenvalue weighted by Crippen LogP contribution is -2.31. The molecule has 0 unspecified atom stereocenters. The molecule has 33 heavy (non-hydrogen) atoms. The Morgan fingerprint density at radius 3 is 2.73 bits per heavy atom. The van der Waals surface area contributed by atoms with E-state index in [-0.39, 0.29) is 16.4 Å². The first-order chi connectivity index (χ1) is 15.8. The van der Waals surface area contributed by atoms with Crippen molar-refractivity contribution in [3.8, 4) is 0 Å². The highest BCUT2D eigenvalue weighted by Gasteiger charge is 2.46. The molecule has 1 amide bonds. The van der Waals surface area contributed by atoms with E-state index in [1.165, 1.54) is 45.8 Å². The monoisotopic (exact) mass is 477 g/mol. The number of aliphatic hydroxyl groups is 1. The predicted octanol–water partition coefficient (Wildman–Crippen LogP) is 5.36. The van der Waals surface area contributed by atoms with Crippen molar-refractivity contribution in [3.63, 3.8) is 0 Å². The number of amides is 1. The van der Waals surface area contributed by atoms with E-state index < -0.39 is 28.4 Å². The number of nitro benzene ring substituents is 1. The number of hydrogen-bond donors (Lipinski definition) is 1. The molecular weight excluding hydrogens is 462 g/mol. The van der Waals surface area contributed by atoms with Gasteiger partial charge in [0.25, 0.3) is 11.6 Å². The Labute approximate surface area is 195 Å². The highest BCUT2D eigenvalue weighted by Crippen LogP contribution is 2.45. The summed E-state index contributed by atoms with van der Waals surface area (Å²) in [5.74, 6) is -1.96. The Balaban J connectivity index is 1.70. The number of thiazole rings is 1. The van der Waals surface area contributed by atoms with Gasteiger partial charge in [-0.15, -0.1) is 11.3 Å². The maximum Gasteiger partial charge on any atom is 0.296 e. The van der Waals surface area contributed by atoms with Gasteiger partial charge in [0, 0.05) is 12.1 Å². The van der Waals surface area contributed by atoms with E-state index in [2.05, 4.69) is 4.98 Å². The molecule has 3 heterocycles. The van der Waals surface area contributed by atoms with Crippen LogP contribution in [0.5, 0.6) is 0 Å². The smallest absolute Gasteiger partial charge is 0.296 e. The zero-order chi connectivity index (χ0) is 23.3. The van der Waals surface area contributed by atoms with Gasteiger partial charge in [-0.2, -0.15) is 0 Å². The third-order valence-corrected chi connectivity index (χ3v) is 7.22. The number of ketones is 1. The highest BCUT2D eigenvalue weighted by atomic mass is 32.1. The van der Waals surface area contributed by atoms with Crippen LogP contribution in [0.2, 0.25) is 0 Å². The van der Waals surface area contributed by atoms with Crippen LogP contribution in [0.15, 0.2) is 71.3 Å². The zero-order valence-electron chi connectivity index (χ0n) is 17.1. The lowest BCUT2D eigenvalue weighted by molar-refractivity contribution is -0.384. The number of fused-ring (bicyclic) bond motifs is 1. The molecule has 1 aliphatic rings. The standard InChI is InChI=1S/C23H15N3O5S2/c1-12-7-8-15-17(10-12)33-23(24-15)25-19(13-4-2-5-14(11-13)26(30)31)18(21(28)22(25)29)20(27)16-6-3-9-32-16/h2-11,19,28H,1H3/t19-/m1/s1. The molecule has 0 saturated heterocycles. The van der Waals surface area contributed by atoms with Crippen molar-refractivity contribution in [2.75, 3.05) is 4.90 Å².